The van der Waals surface area contributed by atoms with Gasteiger partial charge < -0.3 is 10.8 Å². The molecule has 94 valence electrons. The lowest BCUT2D eigenvalue weighted by molar-refractivity contribution is -0.138. The average Bonchev–Trinajstić information content (AvgIpc) is 2.34. The number of nitrogens with two attached hydrogens (primary N) is 1. The predicted molar refractivity (Wildman–Crippen MR) is 72.3 cm³/mol. The first kappa shape index (κ1) is 14.1. The molecule has 0 spiro atoms. The van der Waals surface area contributed by atoms with Crippen LogP contribution in [0.25, 0.3) is 0 Å². The highest BCUT2D eigenvalue weighted by molar-refractivity contribution is 7.98. The number of aliphatic carboxylic acids is 1. The first-order valence-corrected chi connectivity index (χ1v) is 6.90. The van der Waals surface area contributed by atoms with Crippen LogP contribution in [0.2, 0.25) is 0 Å². The van der Waals surface area contributed by atoms with Gasteiger partial charge in [-0.15, -0.1) is 0 Å². The third-order valence-electron chi connectivity index (χ3n) is 2.61. The van der Waals surface area contributed by atoms with Crippen LogP contribution < -0.4 is 5.73 Å². The number of carboxylic acid groups (broad SMARTS) is 1. The van der Waals surface area contributed by atoms with Crippen molar-refractivity contribution in [2.75, 3.05) is 12.3 Å². The number of benzene rings is 1. The number of carboxylic acids is 1. The van der Waals surface area contributed by atoms with Crippen LogP contribution in [0, 0.1) is 0 Å². The van der Waals surface area contributed by atoms with Gasteiger partial charge in [-0.25, -0.2) is 0 Å². The molecule has 3 N–H and O–H groups in total. The van der Waals surface area contributed by atoms with Gasteiger partial charge in [0.2, 0.25) is 0 Å². The van der Waals surface area contributed by atoms with E-state index in [-0.39, 0.29) is 0 Å². The monoisotopic (exact) mass is 253 g/mol. The van der Waals surface area contributed by atoms with Crippen molar-refractivity contribution in [3.8, 4) is 0 Å². The largest absolute Gasteiger partial charge is 0.481 e. The Morgan fingerprint density at radius 3 is 2.59 bits per heavy atom. The SMILES string of the molecule is CC(C(=O)O)c1ccc(CSCCCN)cc1. The maximum Gasteiger partial charge on any atom is 0.310 e. The quantitative estimate of drug-likeness (QED) is 0.733. The highest BCUT2D eigenvalue weighted by Gasteiger charge is 2.12. The van der Waals surface area contributed by atoms with Crippen molar-refractivity contribution in [2.24, 2.45) is 5.73 Å². The molecule has 1 unspecified atom stereocenters. The second-order valence-corrected chi connectivity index (χ2v) is 5.10. The molecule has 0 heterocycles. The molecule has 0 radical (unpaired) electrons. The van der Waals surface area contributed by atoms with E-state index in [0.29, 0.717) is 0 Å². The van der Waals surface area contributed by atoms with Crippen LogP contribution in [0.4, 0.5) is 0 Å². The summed E-state index contributed by atoms with van der Waals surface area (Å²) in [5.41, 5.74) is 7.51. The summed E-state index contributed by atoms with van der Waals surface area (Å²) in [6, 6.07) is 7.81. The average molecular weight is 253 g/mol. The minimum absolute atomic E-state index is 0.436. The second kappa shape index (κ2) is 7.35. The van der Waals surface area contributed by atoms with Gasteiger partial charge in [-0.3, -0.25) is 4.79 Å². The molecule has 0 aliphatic heterocycles. The Bertz CT molecular complexity index is 351. The molecule has 0 saturated heterocycles. The van der Waals surface area contributed by atoms with Gasteiger partial charge in [0.05, 0.1) is 5.92 Å². The van der Waals surface area contributed by atoms with E-state index < -0.39 is 11.9 Å². The van der Waals surface area contributed by atoms with Gasteiger partial charge in [0.1, 0.15) is 0 Å². The molecule has 0 aromatic heterocycles. The van der Waals surface area contributed by atoms with Gasteiger partial charge in [-0.1, -0.05) is 24.3 Å². The first-order chi connectivity index (χ1) is 8.15. The van der Waals surface area contributed by atoms with Gasteiger partial charge in [0.25, 0.3) is 0 Å². The molecule has 0 aliphatic carbocycles. The lowest BCUT2D eigenvalue weighted by Crippen LogP contribution is -2.07. The van der Waals surface area contributed by atoms with Gasteiger partial charge in [0.15, 0.2) is 0 Å². The highest BCUT2D eigenvalue weighted by atomic mass is 32.2. The molecule has 1 rings (SSSR count). The van der Waals surface area contributed by atoms with Crippen LogP contribution in [0.5, 0.6) is 0 Å². The van der Waals surface area contributed by atoms with Crippen molar-refractivity contribution in [2.45, 2.75) is 25.0 Å². The van der Waals surface area contributed by atoms with Gasteiger partial charge in [-0.2, -0.15) is 11.8 Å². The van der Waals surface area contributed by atoms with Crippen LogP contribution in [0.15, 0.2) is 24.3 Å². The van der Waals surface area contributed by atoms with Crippen LogP contribution in [0.3, 0.4) is 0 Å². The summed E-state index contributed by atoms with van der Waals surface area (Å²) in [4.78, 5) is 10.8. The highest BCUT2D eigenvalue weighted by Crippen LogP contribution is 2.18. The molecule has 1 aromatic carbocycles. The van der Waals surface area contributed by atoms with Crippen LogP contribution in [0.1, 0.15) is 30.4 Å². The predicted octanol–water partition coefficient (Wildman–Crippen LogP) is 2.46. The molecule has 0 fully saturated rings. The maximum absolute atomic E-state index is 10.8. The van der Waals surface area contributed by atoms with Gasteiger partial charge in [-0.05, 0) is 36.8 Å². The Labute approximate surface area is 106 Å². The minimum atomic E-state index is -0.782. The zero-order valence-corrected chi connectivity index (χ0v) is 10.9. The van der Waals surface area contributed by atoms with E-state index in [1.165, 1.54) is 5.56 Å². The van der Waals surface area contributed by atoms with Crippen molar-refractivity contribution in [3.05, 3.63) is 35.4 Å². The van der Waals surface area contributed by atoms with Crippen molar-refractivity contribution in [1.82, 2.24) is 0 Å². The Morgan fingerprint density at radius 2 is 2.06 bits per heavy atom. The molecule has 4 heteroatoms. The Hall–Kier alpha value is -1.00. The van der Waals surface area contributed by atoms with E-state index in [1.54, 1.807) is 6.92 Å². The smallest absolute Gasteiger partial charge is 0.310 e. The maximum atomic E-state index is 10.8. The summed E-state index contributed by atoms with van der Waals surface area (Å²) >= 11 is 1.86. The lowest BCUT2D eigenvalue weighted by Gasteiger charge is -2.07. The molecule has 1 atom stereocenters. The minimum Gasteiger partial charge on any atom is -0.481 e. The van der Waals surface area contributed by atoms with Crippen LogP contribution in [-0.2, 0) is 10.5 Å². The third kappa shape index (κ3) is 4.79. The Morgan fingerprint density at radius 1 is 1.41 bits per heavy atom. The normalized spacial score (nSPS) is 12.4. The number of thioether (sulfide) groups is 1. The summed E-state index contributed by atoms with van der Waals surface area (Å²) in [5.74, 6) is 0.815. The fraction of sp³-hybridized carbons (Fsp3) is 0.462. The zero-order valence-electron chi connectivity index (χ0n) is 10.1. The third-order valence-corrected chi connectivity index (χ3v) is 3.73. The zero-order chi connectivity index (χ0) is 12.7. The molecule has 0 aliphatic rings. The van der Waals surface area contributed by atoms with Gasteiger partial charge >= 0.3 is 5.97 Å². The standard InChI is InChI=1S/C13H19NO2S/c1-10(13(15)16)12-5-3-11(4-6-12)9-17-8-2-7-14/h3-6,10H,2,7-9,14H2,1H3,(H,15,16). The molecule has 0 bridgehead atoms. The van der Waals surface area contributed by atoms with E-state index in [4.69, 9.17) is 10.8 Å². The fourth-order valence-electron chi connectivity index (χ4n) is 1.42. The molecule has 3 nitrogen and oxygen atoms in total. The summed E-state index contributed by atoms with van der Waals surface area (Å²) in [7, 11) is 0. The van der Waals surface area contributed by atoms with Crippen molar-refractivity contribution < 1.29 is 9.90 Å². The van der Waals surface area contributed by atoms with E-state index in [2.05, 4.69) is 0 Å². The Kier molecular flexibility index (Phi) is 6.08. The van der Waals surface area contributed by atoms with E-state index in [9.17, 15) is 4.79 Å². The topological polar surface area (TPSA) is 63.3 Å². The summed E-state index contributed by atoms with van der Waals surface area (Å²) in [5, 5.41) is 8.89. The lowest BCUT2D eigenvalue weighted by atomic mass is 10.0. The summed E-state index contributed by atoms with van der Waals surface area (Å²) in [6.07, 6.45) is 1.04. The van der Waals surface area contributed by atoms with Gasteiger partial charge in [0, 0.05) is 5.75 Å². The molecule has 0 saturated carbocycles. The Balaban J connectivity index is 2.47. The van der Waals surface area contributed by atoms with Crippen molar-refractivity contribution in [3.63, 3.8) is 0 Å². The van der Waals surface area contributed by atoms with E-state index >= 15 is 0 Å². The number of rotatable bonds is 7. The van der Waals surface area contributed by atoms with Crippen LogP contribution in [-0.4, -0.2) is 23.4 Å². The molecular formula is C13H19NO2S. The molecule has 1 aromatic rings. The van der Waals surface area contributed by atoms with E-state index in [0.717, 1.165) is 30.0 Å². The first-order valence-electron chi connectivity index (χ1n) is 5.74. The fourth-order valence-corrected chi connectivity index (χ4v) is 2.36. The number of hydrogen-bond donors (Lipinski definition) is 2. The summed E-state index contributed by atoms with van der Waals surface area (Å²) in [6.45, 7) is 2.44. The molecule has 17 heavy (non-hydrogen) atoms. The van der Waals surface area contributed by atoms with Crippen molar-refractivity contribution in [1.29, 1.82) is 0 Å². The molecule has 0 amide bonds. The van der Waals surface area contributed by atoms with E-state index in [1.807, 2.05) is 36.0 Å². The van der Waals surface area contributed by atoms with Crippen molar-refractivity contribution >= 4 is 17.7 Å². The summed E-state index contributed by atoms with van der Waals surface area (Å²) < 4.78 is 0. The van der Waals surface area contributed by atoms with Crippen LogP contribution >= 0.6 is 11.8 Å². The second-order valence-electron chi connectivity index (χ2n) is 4.00. The number of hydrogen-bond acceptors (Lipinski definition) is 3. The number of carbonyl (C=O) groups is 1. The molecular weight excluding hydrogens is 234 g/mol.